The topological polar surface area (TPSA) is 60.7 Å². The Bertz CT molecular complexity index is 734. The molecule has 1 aliphatic rings. The molecule has 0 radical (unpaired) electrons. The van der Waals surface area contributed by atoms with E-state index in [1.54, 1.807) is 0 Å². The first kappa shape index (κ1) is 17.1. The smallest absolute Gasteiger partial charge is 0.210 e. The lowest BCUT2D eigenvalue weighted by Crippen LogP contribution is -2.10. The number of hydrogen-bond donors (Lipinski definition) is 0. The molecule has 1 fully saturated rings. The number of benzene rings is 1. The van der Waals surface area contributed by atoms with Crippen LogP contribution < -0.4 is 0 Å². The van der Waals surface area contributed by atoms with Crippen molar-refractivity contribution in [2.24, 2.45) is 0 Å². The van der Waals surface area contributed by atoms with Gasteiger partial charge in [-0.3, -0.25) is 4.79 Å². The fourth-order valence-corrected chi connectivity index (χ4v) is 3.54. The summed E-state index contributed by atoms with van der Waals surface area (Å²) in [4.78, 5) is 12.7. The number of carbonyl (C=O) groups is 1. The Morgan fingerprint density at radius 3 is 2.62 bits per heavy atom. The molecular weight excluding hydrogens is 320 g/mol. The lowest BCUT2D eigenvalue weighted by molar-refractivity contribution is 0.102. The van der Waals surface area contributed by atoms with Crippen LogP contribution in [0.5, 0.6) is 0 Å². The van der Waals surface area contributed by atoms with E-state index in [0.717, 1.165) is 29.1 Å². The minimum atomic E-state index is 0.143. The van der Waals surface area contributed by atoms with Gasteiger partial charge in [-0.15, -0.1) is 5.10 Å². The maximum absolute atomic E-state index is 12.7. The van der Waals surface area contributed by atoms with E-state index >= 15 is 0 Å². The van der Waals surface area contributed by atoms with Gasteiger partial charge in [-0.1, -0.05) is 57.7 Å². The molecule has 1 aromatic heterocycles. The van der Waals surface area contributed by atoms with Crippen molar-refractivity contribution in [3.63, 3.8) is 0 Å². The summed E-state index contributed by atoms with van der Waals surface area (Å²) in [7, 11) is 0. The molecule has 1 aliphatic carbocycles. The van der Waals surface area contributed by atoms with Crippen molar-refractivity contribution in [1.82, 2.24) is 20.2 Å². The quantitative estimate of drug-likeness (QED) is 0.555. The third-order valence-electron chi connectivity index (χ3n) is 4.35. The van der Waals surface area contributed by atoms with E-state index in [1.165, 1.54) is 17.3 Å². The molecule has 0 spiro atoms. The first-order chi connectivity index (χ1) is 11.5. The molecule has 6 heteroatoms. The third kappa shape index (κ3) is 3.69. The van der Waals surface area contributed by atoms with Crippen LogP contribution in [-0.4, -0.2) is 31.7 Å². The minimum Gasteiger partial charge on any atom is -0.293 e. The lowest BCUT2D eigenvalue weighted by Gasteiger charge is -2.15. The maximum Gasteiger partial charge on any atom is 0.210 e. The second-order valence-electron chi connectivity index (χ2n) is 7.01. The zero-order chi connectivity index (χ0) is 17.3. The van der Waals surface area contributed by atoms with E-state index in [9.17, 15) is 4.79 Å². The molecule has 2 aromatic rings. The highest BCUT2D eigenvalue weighted by Gasteiger charge is 2.28. The minimum absolute atomic E-state index is 0.143. The van der Waals surface area contributed by atoms with Gasteiger partial charge in [-0.2, -0.15) is 0 Å². The molecule has 24 heavy (non-hydrogen) atoms. The maximum atomic E-state index is 12.7. The number of thioether (sulfide) groups is 1. The van der Waals surface area contributed by atoms with Gasteiger partial charge in [0.1, 0.15) is 0 Å². The highest BCUT2D eigenvalue weighted by molar-refractivity contribution is 7.99. The van der Waals surface area contributed by atoms with Crippen LogP contribution in [0.25, 0.3) is 0 Å². The number of hydrogen-bond acceptors (Lipinski definition) is 5. The number of carbonyl (C=O) groups excluding carboxylic acids is 1. The van der Waals surface area contributed by atoms with Crippen LogP contribution in [0.3, 0.4) is 0 Å². The molecule has 0 amide bonds. The Kier molecular flexibility index (Phi) is 5.04. The lowest BCUT2D eigenvalue weighted by atomic mass is 9.90. The Morgan fingerprint density at radius 2 is 2.00 bits per heavy atom. The van der Waals surface area contributed by atoms with Gasteiger partial charge in [0, 0.05) is 5.56 Å². The summed E-state index contributed by atoms with van der Waals surface area (Å²) in [5, 5.41) is 12.6. The van der Waals surface area contributed by atoms with Crippen molar-refractivity contribution in [3.05, 3.63) is 34.9 Å². The fraction of sp³-hybridized carbons (Fsp3) is 0.556. The summed E-state index contributed by atoms with van der Waals surface area (Å²) in [6.07, 6.45) is 2.25. The Morgan fingerprint density at radius 1 is 1.25 bits per heavy atom. The van der Waals surface area contributed by atoms with Crippen LogP contribution in [0.2, 0.25) is 0 Å². The van der Waals surface area contributed by atoms with Crippen LogP contribution >= 0.6 is 11.8 Å². The number of nitrogens with zero attached hydrogens (tertiary/aromatic N) is 4. The monoisotopic (exact) mass is 344 g/mol. The number of Topliss-reactive ketones (excluding diaryl/α,β-unsaturated/α-hetero) is 1. The zero-order valence-corrected chi connectivity index (χ0v) is 15.5. The molecule has 0 N–H and O–H groups in total. The van der Waals surface area contributed by atoms with Crippen LogP contribution in [0.15, 0.2) is 23.4 Å². The molecule has 0 unspecified atom stereocenters. The summed E-state index contributed by atoms with van der Waals surface area (Å²) in [6.45, 7) is 8.62. The number of tetrazole rings is 1. The van der Waals surface area contributed by atoms with Gasteiger partial charge in [0.15, 0.2) is 5.78 Å². The van der Waals surface area contributed by atoms with Crippen LogP contribution in [0.4, 0.5) is 0 Å². The molecule has 1 saturated carbocycles. The molecule has 0 saturated heterocycles. The first-order valence-corrected chi connectivity index (χ1v) is 9.53. The summed E-state index contributed by atoms with van der Waals surface area (Å²) in [5.41, 5.74) is 3.24. The van der Waals surface area contributed by atoms with E-state index in [-0.39, 0.29) is 5.78 Å². The Balaban J connectivity index is 1.75. The van der Waals surface area contributed by atoms with Gasteiger partial charge >= 0.3 is 0 Å². The van der Waals surface area contributed by atoms with Gasteiger partial charge in [-0.25, -0.2) is 4.68 Å². The van der Waals surface area contributed by atoms with Crippen molar-refractivity contribution in [2.45, 2.75) is 63.6 Å². The van der Waals surface area contributed by atoms with Crippen LogP contribution in [-0.2, 0) is 0 Å². The van der Waals surface area contributed by atoms with Gasteiger partial charge < -0.3 is 0 Å². The standard InChI is InChI=1S/C18H24N4OS/c1-11(2)13-5-8-15(16(9-13)12(3)4)17(23)10-24-18-19-20-21-22(18)14-6-7-14/h5,8-9,11-12,14H,6-7,10H2,1-4H3. The largest absolute Gasteiger partial charge is 0.293 e. The average molecular weight is 344 g/mol. The summed E-state index contributed by atoms with van der Waals surface area (Å²) in [5.74, 6) is 1.30. The van der Waals surface area contributed by atoms with Gasteiger partial charge in [0.05, 0.1) is 11.8 Å². The van der Waals surface area contributed by atoms with Crippen molar-refractivity contribution in [1.29, 1.82) is 0 Å². The number of rotatable bonds is 7. The Labute approximate surface area is 147 Å². The highest BCUT2D eigenvalue weighted by atomic mass is 32.2. The summed E-state index contributed by atoms with van der Waals surface area (Å²) in [6, 6.07) is 6.66. The summed E-state index contributed by atoms with van der Waals surface area (Å²) < 4.78 is 1.85. The average Bonchev–Trinajstić information content (AvgIpc) is 3.30. The fourth-order valence-electron chi connectivity index (χ4n) is 2.71. The first-order valence-electron chi connectivity index (χ1n) is 8.55. The number of aromatic nitrogens is 4. The van der Waals surface area contributed by atoms with Gasteiger partial charge in [0.25, 0.3) is 0 Å². The molecular formula is C18H24N4OS. The molecule has 128 valence electrons. The van der Waals surface area contributed by atoms with Crippen molar-refractivity contribution in [2.75, 3.05) is 5.75 Å². The van der Waals surface area contributed by atoms with E-state index < -0.39 is 0 Å². The second-order valence-corrected chi connectivity index (χ2v) is 7.95. The van der Waals surface area contributed by atoms with Crippen molar-refractivity contribution >= 4 is 17.5 Å². The molecule has 0 bridgehead atoms. The predicted molar refractivity (Wildman–Crippen MR) is 95.8 cm³/mol. The van der Waals surface area contributed by atoms with E-state index in [4.69, 9.17) is 0 Å². The van der Waals surface area contributed by atoms with Crippen LogP contribution in [0.1, 0.15) is 79.9 Å². The van der Waals surface area contributed by atoms with Gasteiger partial charge in [-0.05, 0) is 46.2 Å². The third-order valence-corrected chi connectivity index (χ3v) is 5.29. The zero-order valence-electron chi connectivity index (χ0n) is 14.7. The number of ketones is 1. The van der Waals surface area contributed by atoms with Crippen molar-refractivity contribution < 1.29 is 4.79 Å². The molecule has 0 atom stereocenters. The van der Waals surface area contributed by atoms with Crippen LogP contribution in [0, 0.1) is 0 Å². The normalized spacial score (nSPS) is 14.6. The molecule has 1 aromatic carbocycles. The van der Waals surface area contributed by atoms with Gasteiger partial charge in [0.2, 0.25) is 5.16 Å². The predicted octanol–water partition coefficient (Wildman–Crippen LogP) is 4.23. The Hall–Kier alpha value is -1.69. The molecule has 5 nitrogen and oxygen atoms in total. The SMILES string of the molecule is CC(C)c1ccc(C(=O)CSc2nnnn2C2CC2)c(C(C)C)c1. The molecule has 1 heterocycles. The summed E-state index contributed by atoms with van der Waals surface area (Å²) >= 11 is 1.43. The highest BCUT2D eigenvalue weighted by Crippen LogP contribution is 2.36. The molecule has 3 rings (SSSR count). The van der Waals surface area contributed by atoms with E-state index in [0.29, 0.717) is 23.6 Å². The second kappa shape index (κ2) is 7.05. The van der Waals surface area contributed by atoms with E-state index in [1.807, 2.05) is 10.7 Å². The molecule has 0 aliphatic heterocycles. The van der Waals surface area contributed by atoms with Crippen molar-refractivity contribution in [3.8, 4) is 0 Å². The van der Waals surface area contributed by atoms with E-state index in [2.05, 4.69) is 55.4 Å².